The van der Waals surface area contributed by atoms with Crippen LogP contribution in [0.5, 0.6) is 0 Å². The van der Waals surface area contributed by atoms with E-state index in [0.29, 0.717) is 0 Å². The summed E-state index contributed by atoms with van der Waals surface area (Å²) in [5.74, 6) is 0. The van der Waals surface area contributed by atoms with Crippen LogP contribution in [0.4, 0.5) is 0 Å². The third-order valence-corrected chi connectivity index (χ3v) is 1.64. The first-order chi connectivity index (χ1) is 3.93. The molecule has 0 aromatic carbocycles. The second kappa shape index (κ2) is 7.28. The predicted octanol–water partition coefficient (Wildman–Crippen LogP) is -0.362. The largest absolute Gasteiger partial charge is 0.412 e. The van der Waals surface area contributed by atoms with Gasteiger partial charge in [-0.15, -0.1) is 12.4 Å². The Hall–Kier alpha value is 0.170. The summed E-state index contributed by atoms with van der Waals surface area (Å²) >= 11 is 0. The van der Waals surface area contributed by atoms with Gasteiger partial charge in [-0.2, -0.15) is 0 Å². The minimum Gasteiger partial charge on any atom is -0.412 e. The Morgan fingerprint density at radius 1 is 1.20 bits per heavy atom. The molecular weight excluding hydrogens is 152 g/mol. The predicted molar refractivity (Wildman–Crippen MR) is 45.6 cm³/mol. The van der Waals surface area contributed by atoms with E-state index in [1.54, 1.807) is 0 Å². The van der Waals surface area contributed by atoms with Crippen LogP contribution < -0.4 is 5.73 Å². The van der Waals surface area contributed by atoms with Crippen LogP contribution in [0.3, 0.4) is 0 Å². The zero-order chi connectivity index (χ0) is 5.82. The van der Waals surface area contributed by atoms with Gasteiger partial charge in [-0.25, -0.2) is 0 Å². The molecule has 1 rings (SSSR count). The first-order valence-electron chi connectivity index (χ1n) is 3.36. The SMILES string of the molecule is Cl.NCCN1CCCC1.O. The Morgan fingerprint density at radius 2 is 1.70 bits per heavy atom. The van der Waals surface area contributed by atoms with Crippen LogP contribution in [-0.4, -0.2) is 36.6 Å². The molecule has 1 aliphatic rings. The molecule has 4 heteroatoms. The topological polar surface area (TPSA) is 60.8 Å². The highest BCUT2D eigenvalue weighted by molar-refractivity contribution is 5.85. The Morgan fingerprint density at radius 3 is 2.10 bits per heavy atom. The number of nitrogens with two attached hydrogens (primary N) is 1. The number of rotatable bonds is 2. The zero-order valence-electron chi connectivity index (χ0n) is 6.18. The minimum atomic E-state index is 0. The first-order valence-corrected chi connectivity index (χ1v) is 3.36. The summed E-state index contributed by atoms with van der Waals surface area (Å²) < 4.78 is 0. The molecule has 0 amide bonds. The molecule has 0 atom stereocenters. The molecule has 0 radical (unpaired) electrons. The Kier molecular flexibility index (Phi) is 9.33. The second-order valence-electron chi connectivity index (χ2n) is 2.34. The highest BCUT2D eigenvalue weighted by atomic mass is 35.5. The van der Waals surface area contributed by atoms with Crippen molar-refractivity contribution in [3.05, 3.63) is 0 Å². The summed E-state index contributed by atoms with van der Waals surface area (Å²) in [4.78, 5) is 2.42. The van der Waals surface area contributed by atoms with E-state index in [1.165, 1.54) is 25.9 Å². The Bertz CT molecular complexity index is 66.8. The third kappa shape index (κ3) is 4.06. The molecule has 10 heavy (non-hydrogen) atoms. The van der Waals surface area contributed by atoms with Gasteiger partial charge < -0.3 is 16.1 Å². The number of hydrogen-bond acceptors (Lipinski definition) is 2. The maximum Gasteiger partial charge on any atom is 0.0105 e. The van der Waals surface area contributed by atoms with E-state index in [0.717, 1.165) is 13.1 Å². The quantitative estimate of drug-likeness (QED) is 0.612. The highest BCUT2D eigenvalue weighted by Crippen LogP contribution is 2.04. The molecule has 1 aliphatic heterocycles. The molecule has 4 N–H and O–H groups in total. The van der Waals surface area contributed by atoms with Crippen molar-refractivity contribution in [3.8, 4) is 0 Å². The molecule has 0 aromatic heterocycles. The van der Waals surface area contributed by atoms with Crippen molar-refractivity contribution in [2.75, 3.05) is 26.2 Å². The zero-order valence-corrected chi connectivity index (χ0v) is 6.99. The van der Waals surface area contributed by atoms with Crippen molar-refractivity contribution >= 4 is 12.4 Å². The molecule has 0 aliphatic carbocycles. The summed E-state index contributed by atoms with van der Waals surface area (Å²) in [6.45, 7) is 4.47. The number of nitrogens with zero attached hydrogens (tertiary/aromatic N) is 1. The lowest BCUT2D eigenvalue weighted by molar-refractivity contribution is 0.349. The van der Waals surface area contributed by atoms with E-state index in [2.05, 4.69) is 4.90 Å². The van der Waals surface area contributed by atoms with Gasteiger partial charge in [0.1, 0.15) is 0 Å². The van der Waals surface area contributed by atoms with Gasteiger partial charge in [0.25, 0.3) is 0 Å². The summed E-state index contributed by atoms with van der Waals surface area (Å²) in [7, 11) is 0. The van der Waals surface area contributed by atoms with Gasteiger partial charge in [0.05, 0.1) is 0 Å². The normalized spacial score (nSPS) is 17.7. The Labute approximate surface area is 68.3 Å². The van der Waals surface area contributed by atoms with E-state index < -0.39 is 0 Å². The van der Waals surface area contributed by atoms with Crippen molar-refractivity contribution in [3.63, 3.8) is 0 Å². The fraction of sp³-hybridized carbons (Fsp3) is 1.00. The van der Waals surface area contributed by atoms with Crippen molar-refractivity contribution in [1.82, 2.24) is 4.90 Å². The number of likely N-dealkylation sites (tertiary alicyclic amines) is 1. The van der Waals surface area contributed by atoms with E-state index in [1.807, 2.05) is 0 Å². The third-order valence-electron chi connectivity index (χ3n) is 1.64. The van der Waals surface area contributed by atoms with E-state index >= 15 is 0 Å². The van der Waals surface area contributed by atoms with Crippen molar-refractivity contribution in [1.29, 1.82) is 0 Å². The summed E-state index contributed by atoms with van der Waals surface area (Å²) in [5, 5.41) is 0. The average molecular weight is 169 g/mol. The standard InChI is InChI=1S/C6H14N2.ClH.H2O/c7-3-6-8-4-1-2-5-8;;/h1-7H2;1H;1H2. The maximum atomic E-state index is 5.37. The van der Waals surface area contributed by atoms with Gasteiger partial charge in [0.2, 0.25) is 0 Å². The summed E-state index contributed by atoms with van der Waals surface area (Å²) in [6.07, 6.45) is 2.75. The average Bonchev–Trinajstić information content (AvgIpc) is 2.19. The smallest absolute Gasteiger partial charge is 0.0105 e. The van der Waals surface area contributed by atoms with Gasteiger partial charge in [-0.05, 0) is 25.9 Å². The van der Waals surface area contributed by atoms with E-state index in [4.69, 9.17) is 5.73 Å². The monoisotopic (exact) mass is 168 g/mol. The molecule has 0 spiro atoms. The van der Waals surface area contributed by atoms with E-state index in [-0.39, 0.29) is 17.9 Å². The van der Waals surface area contributed by atoms with Crippen LogP contribution in [0.1, 0.15) is 12.8 Å². The summed E-state index contributed by atoms with van der Waals surface area (Å²) in [6, 6.07) is 0. The number of halogens is 1. The van der Waals surface area contributed by atoms with Crippen LogP contribution in [0, 0.1) is 0 Å². The molecule has 0 bridgehead atoms. The summed E-state index contributed by atoms with van der Waals surface area (Å²) in [5.41, 5.74) is 5.37. The van der Waals surface area contributed by atoms with Crippen LogP contribution in [0.15, 0.2) is 0 Å². The molecule has 1 fully saturated rings. The van der Waals surface area contributed by atoms with Crippen molar-refractivity contribution in [2.45, 2.75) is 12.8 Å². The molecule has 1 saturated heterocycles. The minimum absolute atomic E-state index is 0. The molecule has 1 heterocycles. The molecule has 0 aromatic rings. The molecular formula is C6H17ClN2O. The van der Waals surface area contributed by atoms with Gasteiger partial charge in [-0.3, -0.25) is 0 Å². The molecule has 0 unspecified atom stereocenters. The Balaban J connectivity index is 0. The fourth-order valence-corrected chi connectivity index (χ4v) is 1.19. The first kappa shape index (κ1) is 12.8. The van der Waals surface area contributed by atoms with Crippen molar-refractivity contribution < 1.29 is 5.48 Å². The lowest BCUT2D eigenvalue weighted by Crippen LogP contribution is -2.26. The number of hydrogen-bond donors (Lipinski definition) is 1. The second-order valence-corrected chi connectivity index (χ2v) is 2.34. The van der Waals surface area contributed by atoms with Crippen LogP contribution in [-0.2, 0) is 0 Å². The van der Waals surface area contributed by atoms with Gasteiger partial charge in [0, 0.05) is 13.1 Å². The molecule has 3 nitrogen and oxygen atoms in total. The van der Waals surface area contributed by atoms with Gasteiger partial charge >= 0.3 is 0 Å². The van der Waals surface area contributed by atoms with Gasteiger partial charge in [-0.1, -0.05) is 0 Å². The van der Waals surface area contributed by atoms with Gasteiger partial charge in [0.15, 0.2) is 0 Å². The molecule has 64 valence electrons. The maximum absolute atomic E-state index is 5.37. The lowest BCUT2D eigenvalue weighted by Gasteiger charge is -2.11. The van der Waals surface area contributed by atoms with Crippen LogP contribution in [0.2, 0.25) is 0 Å². The highest BCUT2D eigenvalue weighted by Gasteiger charge is 2.08. The fourth-order valence-electron chi connectivity index (χ4n) is 1.19. The van der Waals surface area contributed by atoms with E-state index in [9.17, 15) is 0 Å². The van der Waals surface area contributed by atoms with Crippen molar-refractivity contribution in [2.24, 2.45) is 5.73 Å². The lowest BCUT2D eigenvalue weighted by atomic mass is 10.4. The molecule has 0 saturated carbocycles. The van der Waals surface area contributed by atoms with Crippen LogP contribution >= 0.6 is 12.4 Å². The van der Waals surface area contributed by atoms with Crippen LogP contribution in [0.25, 0.3) is 0 Å².